The third-order valence-corrected chi connectivity index (χ3v) is 5.98. The van der Waals surface area contributed by atoms with Crippen LogP contribution in [0.2, 0.25) is 0 Å². The summed E-state index contributed by atoms with van der Waals surface area (Å²) in [6.07, 6.45) is 4.78. The van der Waals surface area contributed by atoms with Crippen molar-refractivity contribution < 1.29 is 9.13 Å². The van der Waals surface area contributed by atoms with Gasteiger partial charge in [-0.05, 0) is 79.1 Å². The highest BCUT2D eigenvalue weighted by molar-refractivity contribution is 5.52. The Morgan fingerprint density at radius 3 is 2.48 bits per heavy atom. The maximum atomic E-state index is 13.0. The van der Waals surface area contributed by atoms with Crippen molar-refractivity contribution in [3.05, 3.63) is 59.4 Å². The minimum absolute atomic E-state index is 0.216. The molecule has 0 spiro atoms. The second-order valence-corrected chi connectivity index (χ2v) is 8.08. The van der Waals surface area contributed by atoms with Crippen molar-refractivity contribution >= 4 is 5.69 Å². The zero-order chi connectivity index (χ0) is 18.8. The molecule has 1 aliphatic heterocycles. The van der Waals surface area contributed by atoms with E-state index in [2.05, 4.69) is 42.1 Å². The summed E-state index contributed by atoms with van der Waals surface area (Å²) in [5.41, 5.74) is 4.37. The van der Waals surface area contributed by atoms with Crippen molar-refractivity contribution in [1.82, 2.24) is 4.90 Å². The highest BCUT2D eigenvalue weighted by Crippen LogP contribution is 2.36. The number of benzene rings is 2. The van der Waals surface area contributed by atoms with Crippen LogP contribution < -0.4 is 9.64 Å². The standard InChI is InChI=1S/C23H29FN2O/c1-25(2)20-8-5-17-3-4-18(23(17)15-20)16-26-13-11-22(12-14-26)27-21-9-6-19(24)7-10-21/h5-10,15,18,22H,3-4,11-14,16H2,1-2H3. The maximum absolute atomic E-state index is 13.0. The number of hydrogen-bond donors (Lipinski definition) is 0. The summed E-state index contributed by atoms with van der Waals surface area (Å²) >= 11 is 0. The number of rotatable bonds is 5. The molecule has 1 aliphatic carbocycles. The van der Waals surface area contributed by atoms with Crippen molar-refractivity contribution in [2.75, 3.05) is 38.6 Å². The normalized spacial score (nSPS) is 20.5. The van der Waals surface area contributed by atoms with Crippen LogP contribution in [0.3, 0.4) is 0 Å². The zero-order valence-corrected chi connectivity index (χ0v) is 16.3. The molecule has 1 fully saturated rings. The maximum Gasteiger partial charge on any atom is 0.123 e. The van der Waals surface area contributed by atoms with E-state index in [4.69, 9.17) is 4.74 Å². The van der Waals surface area contributed by atoms with Crippen LogP contribution in [0.25, 0.3) is 0 Å². The predicted molar refractivity (Wildman–Crippen MR) is 108 cm³/mol. The molecule has 0 aromatic heterocycles. The van der Waals surface area contributed by atoms with Crippen molar-refractivity contribution in [1.29, 1.82) is 0 Å². The average Bonchev–Trinajstić information content (AvgIpc) is 3.07. The molecular formula is C23H29FN2O. The van der Waals surface area contributed by atoms with Gasteiger partial charge in [-0.25, -0.2) is 4.39 Å². The van der Waals surface area contributed by atoms with E-state index in [9.17, 15) is 4.39 Å². The van der Waals surface area contributed by atoms with Gasteiger partial charge in [0.2, 0.25) is 0 Å². The first-order valence-electron chi connectivity index (χ1n) is 10.0. The Morgan fingerprint density at radius 2 is 1.78 bits per heavy atom. The fourth-order valence-corrected chi connectivity index (χ4v) is 4.37. The Kier molecular flexibility index (Phi) is 5.35. The van der Waals surface area contributed by atoms with Crippen LogP contribution in [-0.2, 0) is 6.42 Å². The Balaban J connectivity index is 1.31. The molecule has 2 aliphatic rings. The Bertz CT molecular complexity index is 766. The summed E-state index contributed by atoms with van der Waals surface area (Å²) in [6, 6.07) is 13.3. The fraction of sp³-hybridized carbons (Fsp3) is 0.478. The van der Waals surface area contributed by atoms with Crippen molar-refractivity contribution in [2.24, 2.45) is 0 Å². The lowest BCUT2D eigenvalue weighted by Gasteiger charge is -2.34. The number of hydrogen-bond acceptors (Lipinski definition) is 3. The molecule has 144 valence electrons. The molecule has 4 rings (SSSR count). The number of likely N-dealkylation sites (tertiary alicyclic amines) is 1. The first-order chi connectivity index (χ1) is 13.1. The molecule has 0 radical (unpaired) electrons. The number of anilines is 1. The zero-order valence-electron chi connectivity index (χ0n) is 16.3. The molecule has 1 heterocycles. The summed E-state index contributed by atoms with van der Waals surface area (Å²) < 4.78 is 19.0. The molecule has 1 atom stereocenters. The van der Waals surface area contributed by atoms with Gasteiger partial charge >= 0.3 is 0 Å². The summed E-state index contributed by atoms with van der Waals surface area (Å²) in [5, 5.41) is 0. The van der Waals surface area contributed by atoms with Gasteiger partial charge in [-0.1, -0.05) is 6.07 Å². The van der Waals surface area contributed by atoms with Gasteiger partial charge in [-0.2, -0.15) is 0 Å². The van der Waals surface area contributed by atoms with Crippen LogP contribution in [0.1, 0.15) is 36.3 Å². The molecule has 4 heteroatoms. The third-order valence-electron chi connectivity index (χ3n) is 5.98. The van der Waals surface area contributed by atoms with Gasteiger partial charge in [0.1, 0.15) is 17.7 Å². The van der Waals surface area contributed by atoms with E-state index >= 15 is 0 Å². The van der Waals surface area contributed by atoms with E-state index in [0.717, 1.165) is 38.2 Å². The molecule has 0 saturated carbocycles. The smallest absolute Gasteiger partial charge is 0.123 e. The van der Waals surface area contributed by atoms with E-state index < -0.39 is 0 Å². The number of piperidine rings is 1. The van der Waals surface area contributed by atoms with Crippen LogP contribution in [0.4, 0.5) is 10.1 Å². The van der Waals surface area contributed by atoms with Crippen LogP contribution in [0, 0.1) is 5.82 Å². The van der Waals surface area contributed by atoms with Crippen LogP contribution in [-0.4, -0.2) is 44.7 Å². The van der Waals surface area contributed by atoms with E-state index in [1.54, 1.807) is 17.7 Å². The van der Waals surface area contributed by atoms with E-state index in [1.165, 1.54) is 36.2 Å². The SMILES string of the molecule is CN(C)c1ccc2c(c1)C(CN1CCC(Oc3ccc(F)cc3)CC1)CC2. The predicted octanol–water partition coefficient (Wildman–Crippen LogP) is 4.46. The number of fused-ring (bicyclic) bond motifs is 1. The summed E-state index contributed by atoms with van der Waals surface area (Å²) in [7, 11) is 4.22. The van der Waals surface area contributed by atoms with Gasteiger partial charge in [-0.3, -0.25) is 0 Å². The van der Waals surface area contributed by atoms with Gasteiger partial charge in [0, 0.05) is 39.4 Å². The first kappa shape index (κ1) is 18.3. The number of nitrogens with zero attached hydrogens (tertiary/aromatic N) is 2. The van der Waals surface area contributed by atoms with Gasteiger partial charge in [0.15, 0.2) is 0 Å². The molecule has 2 aromatic rings. The average molecular weight is 368 g/mol. The molecule has 0 N–H and O–H groups in total. The number of ether oxygens (including phenoxy) is 1. The van der Waals surface area contributed by atoms with Gasteiger partial charge in [0.25, 0.3) is 0 Å². The first-order valence-corrected chi connectivity index (χ1v) is 10.0. The molecule has 1 saturated heterocycles. The summed E-state index contributed by atoms with van der Waals surface area (Å²) in [5.74, 6) is 1.21. The van der Waals surface area contributed by atoms with Crippen LogP contribution >= 0.6 is 0 Å². The minimum Gasteiger partial charge on any atom is -0.490 e. The van der Waals surface area contributed by atoms with Gasteiger partial charge in [0.05, 0.1) is 0 Å². The van der Waals surface area contributed by atoms with Gasteiger partial charge < -0.3 is 14.5 Å². The highest BCUT2D eigenvalue weighted by Gasteiger charge is 2.27. The monoisotopic (exact) mass is 368 g/mol. The van der Waals surface area contributed by atoms with E-state index in [0.29, 0.717) is 5.92 Å². The largest absolute Gasteiger partial charge is 0.490 e. The quantitative estimate of drug-likeness (QED) is 0.775. The molecule has 27 heavy (non-hydrogen) atoms. The van der Waals surface area contributed by atoms with Gasteiger partial charge in [-0.15, -0.1) is 0 Å². The van der Waals surface area contributed by atoms with Crippen molar-refractivity contribution in [2.45, 2.75) is 37.7 Å². The second kappa shape index (κ2) is 7.89. The van der Waals surface area contributed by atoms with Crippen LogP contribution in [0.5, 0.6) is 5.75 Å². The Hall–Kier alpha value is -2.07. The fourth-order valence-electron chi connectivity index (χ4n) is 4.37. The van der Waals surface area contributed by atoms with Crippen molar-refractivity contribution in [3.63, 3.8) is 0 Å². The third kappa shape index (κ3) is 4.27. The van der Waals surface area contributed by atoms with Crippen molar-refractivity contribution in [3.8, 4) is 5.75 Å². The number of halogens is 1. The number of aryl methyl sites for hydroxylation is 1. The van der Waals surface area contributed by atoms with E-state index in [1.807, 2.05) is 0 Å². The van der Waals surface area contributed by atoms with E-state index in [-0.39, 0.29) is 11.9 Å². The topological polar surface area (TPSA) is 15.7 Å². The lowest BCUT2D eigenvalue weighted by molar-refractivity contribution is 0.0969. The molecule has 2 aromatic carbocycles. The molecule has 0 amide bonds. The second-order valence-electron chi connectivity index (χ2n) is 8.08. The highest BCUT2D eigenvalue weighted by atomic mass is 19.1. The van der Waals surface area contributed by atoms with Crippen LogP contribution in [0.15, 0.2) is 42.5 Å². The Morgan fingerprint density at radius 1 is 1.04 bits per heavy atom. The molecule has 0 bridgehead atoms. The lowest BCUT2D eigenvalue weighted by Crippen LogP contribution is -2.40. The molecule has 1 unspecified atom stereocenters. The Labute approximate surface area is 161 Å². The molecule has 3 nitrogen and oxygen atoms in total. The molecular weight excluding hydrogens is 339 g/mol. The minimum atomic E-state index is -0.216. The summed E-state index contributed by atoms with van der Waals surface area (Å²) in [4.78, 5) is 4.78. The lowest BCUT2D eigenvalue weighted by atomic mass is 9.98. The summed E-state index contributed by atoms with van der Waals surface area (Å²) in [6.45, 7) is 3.29.